The number of carbonyl (C=O) groups is 3. The van der Waals surface area contributed by atoms with Gasteiger partial charge in [0.25, 0.3) is 5.91 Å². The summed E-state index contributed by atoms with van der Waals surface area (Å²) in [5, 5.41) is 13.7. The zero-order chi connectivity index (χ0) is 23.8. The first-order valence-electron chi connectivity index (χ1n) is 10.6. The van der Waals surface area contributed by atoms with Gasteiger partial charge in [-0.05, 0) is 47.9 Å². The molecule has 2 saturated heterocycles. The number of aromatic nitrogens is 4. The molecule has 1 aromatic heterocycles. The van der Waals surface area contributed by atoms with Crippen molar-refractivity contribution < 1.29 is 22.8 Å². The topological polar surface area (TPSA) is 147 Å². The highest BCUT2D eigenvalue weighted by atomic mass is 32.2. The van der Waals surface area contributed by atoms with E-state index in [1.54, 1.807) is 31.2 Å². The van der Waals surface area contributed by atoms with E-state index in [-0.39, 0.29) is 11.5 Å². The summed E-state index contributed by atoms with van der Waals surface area (Å²) in [6, 6.07) is 5.73. The standard InChI is InChI=1S/C20H25N7O5S/c1-3-8-25(16-7-9-33(31,32)12-16)17(28)11-26-18(29)20(2,22-19(26)30)14-5-4-6-15(10-14)27-13-21-23-24-27/h4-6,10,13,16H,3,7-9,11-12H2,1-2H3,(H,22,30)/t16-,20-/m1/s1. The van der Waals surface area contributed by atoms with E-state index in [1.807, 2.05) is 6.92 Å². The van der Waals surface area contributed by atoms with Crippen molar-refractivity contribution in [1.29, 1.82) is 0 Å². The normalized spacial score (nSPS) is 24.2. The molecule has 0 unspecified atom stereocenters. The summed E-state index contributed by atoms with van der Waals surface area (Å²) in [4.78, 5) is 41.5. The van der Waals surface area contributed by atoms with Gasteiger partial charge in [0.1, 0.15) is 18.4 Å². The first-order chi connectivity index (χ1) is 15.6. The molecule has 13 heteroatoms. The second-order valence-electron chi connectivity index (χ2n) is 8.40. The predicted octanol–water partition coefficient (Wildman–Crippen LogP) is -0.145. The molecule has 4 rings (SSSR count). The van der Waals surface area contributed by atoms with Gasteiger partial charge in [0.15, 0.2) is 9.84 Å². The summed E-state index contributed by atoms with van der Waals surface area (Å²) in [5.74, 6) is -1.08. The van der Waals surface area contributed by atoms with Crippen LogP contribution in [0.15, 0.2) is 30.6 Å². The smallest absolute Gasteiger partial charge is 0.325 e. The van der Waals surface area contributed by atoms with Gasteiger partial charge in [-0.1, -0.05) is 19.1 Å². The van der Waals surface area contributed by atoms with Crippen LogP contribution in [0.2, 0.25) is 0 Å². The minimum atomic E-state index is -3.19. The lowest BCUT2D eigenvalue weighted by molar-refractivity contribution is -0.140. The van der Waals surface area contributed by atoms with Gasteiger partial charge in [0.2, 0.25) is 5.91 Å². The first kappa shape index (κ1) is 22.8. The Bertz CT molecular complexity index is 1180. The Morgan fingerprint density at radius 3 is 2.76 bits per heavy atom. The number of nitrogens with one attached hydrogen (secondary N) is 1. The summed E-state index contributed by atoms with van der Waals surface area (Å²) in [7, 11) is -3.19. The van der Waals surface area contributed by atoms with Crippen molar-refractivity contribution in [3.63, 3.8) is 0 Å². The summed E-state index contributed by atoms with van der Waals surface area (Å²) >= 11 is 0. The lowest BCUT2D eigenvalue weighted by atomic mass is 9.91. The van der Waals surface area contributed by atoms with Crippen LogP contribution in [-0.2, 0) is 25.0 Å². The largest absolute Gasteiger partial charge is 0.337 e. The van der Waals surface area contributed by atoms with Crippen molar-refractivity contribution in [2.24, 2.45) is 0 Å². The Kier molecular flexibility index (Phi) is 5.91. The van der Waals surface area contributed by atoms with Gasteiger partial charge < -0.3 is 10.2 Å². The fourth-order valence-corrected chi connectivity index (χ4v) is 6.01. The number of rotatable bonds is 7. The fourth-order valence-electron chi connectivity index (χ4n) is 4.27. The number of amides is 4. The molecule has 0 radical (unpaired) electrons. The van der Waals surface area contributed by atoms with E-state index >= 15 is 0 Å². The van der Waals surface area contributed by atoms with E-state index in [0.29, 0.717) is 30.6 Å². The van der Waals surface area contributed by atoms with E-state index in [4.69, 9.17) is 0 Å². The minimum absolute atomic E-state index is 0.0317. The molecular weight excluding hydrogens is 450 g/mol. The average molecular weight is 476 g/mol. The summed E-state index contributed by atoms with van der Waals surface area (Å²) in [5.41, 5.74) is -0.267. The van der Waals surface area contributed by atoms with Gasteiger partial charge >= 0.3 is 6.03 Å². The minimum Gasteiger partial charge on any atom is -0.337 e. The molecule has 33 heavy (non-hydrogen) atoms. The van der Waals surface area contributed by atoms with Crippen LogP contribution < -0.4 is 5.32 Å². The number of hydrogen-bond acceptors (Lipinski definition) is 8. The zero-order valence-electron chi connectivity index (χ0n) is 18.3. The Labute approximate surface area is 190 Å². The van der Waals surface area contributed by atoms with Gasteiger partial charge in [-0.25, -0.2) is 17.9 Å². The molecule has 12 nitrogen and oxygen atoms in total. The molecule has 176 valence electrons. The van der Waals surface area contributed by atoms with Crippen LogP contribution >= 0.6 is 0 Å². The number of tetrazole rings is 1. The SMILES string of the molecule is CCCN(C(=O)CN1C(=O)N[C@](C)(c2cccc(-n3cnnn3)c2)C1=O)[C@@H]1CCS(=O)(=O)C1. The molecule has 0 spiro atoms. The van der Waals surface area contributed by atoms with E-state index in [0.717, 1.165) is 4.90 Å². The molecule has 1 aromatic carbocycles. The summed E-state index contributed by atoms with van der Waals surface area (Å²) in [6.07, 6.45) is 2.40. The maximum Gasteiger partial charge on any atom is 0.325 e. The lowest BCUT2D eigenvalue weighted by Crippen LogP contribution is -2.48. The second-order valence-corrected chi connectivity index (χ2v) is 10.6. The summed E-state index contributed by atoms with van der Waals surface area (Å²) in [6.45, 7) is 3.35. The molecule has 1 N–H and O–H groups in total. The molecule has 3 heterocycles. The number of sulfone groups is 1. The molecular formula is C20H25N7O5S. The Morgan fingerprint density at radius 1 is 1.33 bits per heavy atom. The van der Waals surface area contributed by atoms with Crippen LogP contribution in [0, 0.1) is 0 Å². The quantitative estimate of drug-likeness (QED) is 0.544. The third-order valence-electron chi connectivity index (χ3n) is 6.04. The van der Waals surface area contributed by atoms with E-state index < -0.39 is 45.8 Å². The van der Waals surface area contributed by atoms with Gasteiger partial charge in [0, 0.05) is 12.6 Å². The number of hydrogen-bond donors (Lipinski definition) is 1. The van der Waals surface area contributed by atoms with E-state index in [2.05, 4.69) is 20.8 Å². The fraction of sp³-hybridized carbons (Fsp3) is 0.500. The Hall–Kier alpha value is -3.35. The predicted molar refractivity (Wildman–Crippen MR) is 116 cm³/mol. The monoisotopic (exact) mass is 475 g/mol. The molecule has 2 aliphatic heterocycles. The van der Waals surface area contributed by atoms with Crippen LogP contribution in [0.25, 0.3) is 5.69 Å². The highest BCUT2D eigenvalue weighted by Gasteiger charge is 2.50. The first-order valence-corrected chi connectivity index (χ1v) is 12.4. The number of urea groups is 1. The molecule has 4 amide bonds. The Morgan fingerprint density at radius 2 is 2.12 bits per heavy atom. The molecule has 0 bridgehead atoms. The summed E-state index contributed by atoms with van der Waals surface area (Å²) < 4.78 is 25.2. The van der Waals surface area contributed by atoms with E-state index in [9.17, 15) is 22.8 Å². The Balaban J connectivity index is 1.54. The van der Waals surface area contributed by atoms with Crippen LogP contribution in [0.5, 0.6) is 0 Å². The average Bonchev–Trinajstić information content (AvgIpc) is 3.48. The molecule has 2 aliphatic rings. The third kappa shape index (κ3) is 4.32. The lowest BCUT2D eigenvalue weighted by Gasteiger charge is -2.29. The van der Waals surface area contributed by atoms with Crippen molar-refractivity contribution in [1.82, 2.24) is 35.3 Å². The molecule has 2 fully saturated rings. The van der Waals surface area contributed by atoms with Crippen LogP contribution in [0.4, 0.5) is 4.79 Å². The number of carbonyl (C=O) groups excluding carboxylic acids is 3. The van der Waals surface area contributed by atoms with Gasteiger partial charge in [0.05, 0.1) is 17.2 Å². The zero-order valence-corrected chi connectivity index (χ0v) is 19.2. The van der Waals surface area contributed by atoms with Crippen molar-refractivity contribution in [3.05, 3.63) is 36.2 Å². The van der Waals surface area contributed by atoms with Crippen molar-refractivity contribution >= 4 is 27.7 Å². The highest BCUT2D eigenvalue weighted by molar-refractivity contribution is 7.91. The molecule has 2 aromatic rings. The van der Waals surface area contributed by atoms with Crippen molar-refractivity contribution in [2.45, 2.75) is 38.3 Å². The third-order valence-corrected chi connectivity index (χ3v) is 7.79. The molecule has 0 aliphatic carbocycles. The molecule has 0 saturated carbocycles. The second kappa shape index (κ2) is 8.54. The maximum atomic E-state index is 13.3. The van der Waals surface area contributed by atoms with Gasteiger partial charge in [-0.3, -0.25) is 14.5 Å². The van der Waals surface area contributed by atoms with Gasteiger partial charge in [-0.2, -0.15) is 0 Å². The van der Waals surface area contributed by atoms with E-state index in [1.165, 1.54) is 15.9 Å². The van der Waals surface area contributed by atoms with Crippen LogP contribution in [-0.4, -0.2) is 86.9 Å². The van der Waals surface area contributed by atoms with Crippen LogP contribution in [0.3, 0.4) is 0 Å². The highest BCUT2D eigenvalue weighted by Crippen LogP contribution is 2.30. The molecule has 2 atom stereocenters. The maximum absolute atomic E-state index is 13.3. The van der Waals surface area contributed by atoms with Crippen LogP contribution in [0.1, 0.15) is 32.3 Å². The number of benzene rings is 1. The van der Waals surface area contributed by atoms with Crippen molar-refractivity contribution in [3.8, 4) is 5.69 Å². The number of nitrogens with zero attached hydrogens (tertiary/aromatic N) is 6. The van der Waals surface area contributed by atoms with Gasteiger partial charge in [-0.15, -0.1) is 5.10 Å². The van der Waals surface area contributed by atoms with Crippen molar-refractivity contribution in [2.75, 3.05) is 24.6 Å². The number of imide groups is 1.